The number of nitrogens with zero attached hydrogens (tertiary/aromatic N) is 1. The van der Waals surface area contributed by atoms with Crippen LogP contribution in [0, 0.1) is 5.82 Å². The van der Waals surface area contributed by atoms with Gasteiger partial charge in [-0.2, -0.15) is 0 Å². The summed E-state index contributed by atoms with van der Waals surface area (Å²) in [6.45, 7) is 2.01. The van der Waals surface area contributed by atoms with Crippen molar-refractivity contribution >= 4 is 27.5 Å². The van der Waals surface area contributed by atoms with E-state index in [4.69, 9.17) is 11.6 Å². The van der Waals surface area contributed by atoms with Crippen LogP contribution in [0.3, 0.4) is 0 Å². The zero-order valence-electron chi connectivity index (χ0n) is 10.8. The minimum Gasteiger partial charge on any atom is -0.309 e. The van der Waals surface area contributed by atoms with E-state index in [2.05, 4.69) is 25.9 Å². The fourth-order valence-corrected chi connectivity index (χ4v) is 2.49. The smallest absolute Gasteiger partial charge is 0.265 e. The second-order valence-corrected chi connectivity index (χ2v) is 5.61. The Kier molecular flexibility index (Phi) is 4.94. The highest BCUT2D eigenvalue weighted by molar-refractivity contribution is 9.10. The van der Waals surface area contributed by atoms with Gasteiger partial charge in [0.2, 0.25) is 0 Å². The Morgan fingerprint density at radius 2 is 2.20 bits per heavy atom. The summed E-state index contributed by atoms with van der Waals surface area (Å²) in [5, 5.41) is 0.0655. The molecular weight excluding hydrogens is 347 g/mol. The lowest BCUT2D eigenvalue weighted by Crippen LogP contribution is -2.16. The molecule has 0 saturated heterocycles. The fourth-order valence-electron chi connectivity index (χ4n) is 1.91. The van der Waals surface area contributed by atoms with E-state index in [-0.39, 0.29) is 17.0 Å². The lowest BCUT2D eigenvalue weighted by atomic mass is 10.1. The molecule has 1 aromatic carbocycles. The first-order chi connectivity index (χ1) is 9.52. The van der Waals surface area contributed by atoms with Gasteiger partial charge < -0.3 is 4.98 Å². The minimum absolute atomic E-state index is 0.0655. The fraction of sp³-hybridized carbons (Fsp3) is 0.286. The maximum atomic E-state index is 13.9. The van der Waals surface area contributed by atoms with E-state index in [0.717, 1.165) is 6.42 Å². The molecule has 3 nitrogen and oxygen atoms in total. The Labute approximate surface area is 129 Å². The Bertz CT molecular complexity index is 687. The molecule has 106 valence electrons. The van der Waals surface area contributed by atoms with Gasteiger partial charge >= 0.3 is 0 Å². The maximum absolute atomic E-state index is 13.9. The lowest BCUT2D eigenvalue weighted by molar-refractivity contribution is 0.612. The summed E-state index contributed by atoms with van der Waals surface area (Å²) in [4.78, 5) is 18.8. The van der Waals surface area contributed by atoms with Crippen molar-refractivity contribution in [2.45, 2.75) is 26.2 Å². The quantitative estimate of drug-likeness (QED) is 0.901. The topological polar surface area (TPSA) is 45.8 Å². The van der Waals surface area contributed by atoms with Gasteiger partial charge in [-0.3, -0.25) is 4.79 Å². The molecule has 0 amide bonds. The molecule has 2 rings (SSSR count). The average molecular weight is 360 g/mol. The largest absolute Gasteiger partial charge is 0.309 e. The molecule has 20 heavy (non-hydrogen) atoms. The van der Waals surface area contributed by atoms with Crippen LogP contribution in [0.2, 0.25) is 5.02 Å². The third kappa shape index (κ3) is 3.27. The van der Waals surface area contributed by atoms with E-state index in [0.29, 0.717) is 28.0 Å². The predicted octanol–water partition coefficient (Wildman–Crippen LogP) is 3.87. The molecular formula is C14H13BrClFN2O. The predicted molar refractivity (Wildman–Crippen MR) is 80.8 cm³/mol. The SMILES string of the molecule is CCCc1nc(Cc2cccc(Cl)c2F)[nH]c(=O)c1Br. The summed E-state index contributed by atoms with van der Waals surface area (Å²) in [6.07, 6.45) is 1.77. The van der Waals surface area contributed by atoms with Crippen LogP contribution >= 0.6 is 27.5 Å². The number of halogens is 3. The van der Waals surface area contributed by atoms with E-state index in [9.17, 15) is 9.18 Å². The number of aromatic amines is 1. The Hall–Kier alpha value is -1.20. The number of aryl methyl sites for hydroxylation is 1. The second-order valence-electron chi connectivity index (χ2n) is 4.41. The van der Waals surface area contributed by atoms with Gasteiger partial charge in [0, 0.05) is 6.42 Å². The molecule has 0 saturated carbocycles. The van der Waals surface area contributed by atoms with Crippen molar-refractivity contribution in [1.82, 2.24) is 9.97 Å². The summed E-state index contributed by atoms with van der Waals surface area (Å²) < 4.78 is 14.3. The first-order valence-corrected chi connectivity index (χ1v) is 7.40. The van der Waals surface area contributed by atoms with Gasteiger partial charge in [-0.05, 0) is 34.0 Å². The zero-order chi connectivity index (χ0) is 14.7. The normalized spacial score (nSPS) is 10.8. The Morgan fingerprint density at radius 3 is 2.90 bits per heavy atom. The van der Waals surface area contributed by atoms with Crippen molar-refractivity contribution in [3.8, 4) is 0 Å². The van der Waals surface area contributed by atoms with E-state index in [1.165, 1.54) is 6.07 Å². The van der Waals surface area contributed by atoms with Gasteiger partial charge in [0.15, 0.2) is 0 Å². The molecule has 0 radical (unpaired) electrons. The molecule has 0 aliphatic carbocycles. The van der Waals surface area contributed by atoms with Crippen LogP contribution in [0.25, 0.3) is 0 Å². The van der Waals surface area contributed by atoms with Crippen molar-refractivity contribution in [1.29, 1.82) is 0 Å². The van der Waals surface area contributed by atoms with Crippen LogP contribution in [0.1, 0.15) is 30.4 Å². The Morgan fingerprint density at radius 1 is 1.45 bits per heavy atom. The summed E-state index contributed by atoms with van der Waals surface area (Å²) >= 11 is 8.97. The van der Waals surface area contributed by atoms with Gasteiger partial charge in [0.1, 0.15) is 16.1 Å². The van der Waals surface area contributed by atoms with Crippen molar-refractivity contribution in [2.24, 2.45) is 0 Å². The molecule has 6 heteroatoms. The standard InChI is InChI=1S/C14H13BrClFN2O/c1-2-4-10-12(15)14(20)19-11(18-10)7-8-5-3-6-9(16)13(8)17/h3,5-6H,2,4,7H2,1H3,(H,18,19,20). The van der Waals surface area contributed by atoms with Crippen LogP contribution in [0.5, 0.6) is 0 Å². The summed E-state index contributed by atoms with van der Waals surface area (Å²) in [6, 6.07) is 4.79. The van der Waals surface area contributed by atoms with E-state index >= 15 is 0 Å². The first-order valence-electron chi connectivity index (χ1n) is 6.23. The Balaban J connectivity index is 2.39. The third-order valence-corrected chi connectivity index (χ3v) is 3.97. The second kappa shape index (κ2) is 6.50. The molecule has 1 N–H and O–H groups in total. The van der Waals surface area contributed by atoms with Crippen LogP contribution in [-0.4, -0.2) is 9.97 Å². The molecule has 0 unspecified atom stereocenters. The molecule has 0 spiro atoms. The average Bonchev–Trinajstić information content (AvgIpc) is 2.41. The monoisotopic (exact) mass is 358 g/mol. The summed E-state index contributed by atoms with van der Waals surface area (Å²) in [5.41, 5.74) is 0.847. The number of hydrogen-bond donors (Lipinski definition) is 1. The summed E-state index contributed by atoms with van der Waals surface area (Å²) in [7, 11) is 0. The van der Waals surface area contributed by atoms with Gasteiger partial charge in [-0.1, -0.05) is 37.1 Å². The highest BCUT2D eigenvalue weighted by Gasteiger charge is 2.12. The third-order valence-electron chi connectivity index (χ3n) is 2.86. The van der Waals surface area contributed by atoms with Crippen LogP contribution in [-0.2, 0) is 12.8 Å². The van der Waals surface area contributed by atoms with Crippen molar-refractivity contribution in [3.63, 3.8) is 0 Å². The van der Waals surface area contributed by atoms with E-state index in [1.54, 1.807) is 12.1 Å². The maximum Gasteiger partial charge on any atom is 0.265 e. The number of rotatable bonds is 4. The van der Waals surface area contributed by atoms with Crippen LogP contribution in [0.4, 0.5) is 4.39 Å². The summed E-state index contributed by atoms with van der Waals surface area (Å²) in [5.74, 6) is -0.0420. The molecule has 0 aliphatic heterocycles. The molecule has 0 bridgehead atoms. The van der Waals surface area contributed by atoms with Crippen molar-refractivity contribution < 1.29 is 4.39 Å². The van der Waals surface area contributed by atoms with E-state index < -0.39 is 5.82 Å². The van der Waals surface area contributed by atoms with Crippen LogP contribution in [0.15, 0.2) is 27.5 Å². The highest BCUT2D eigenvalue weighted by atomic mass is 79.9. The minimum atomic E-state index is -0.475. The number of H-pyrrole nitrogens is 1. The number of aromatic nitrogens is 2. The lowest BCUT2D eigenvalue weighted by Gasteiger charge is -2.07. The van der Waals surface area contributed by atoms with Crippen molar-refractivity contribution in [3.05, 3.63) is 60.9 Å². The highest BCUT2D eigenvalue weighted by Crippen LogP contribution is 2.20. The van der Waals surface area contributed by atoms with Gasteiger partial charge in [0.05, 0.1) is 10.7 Å². The molecule has 0 fully saturated rings. The van der Waals surface area contributed by atoms with Crippen LogP contribution < -0.4 is 5.56 Å². The molecule has 0 aliphatic rings. The molecule has 0 atom stereocenters. The van der Waals surface area contributed by atoms with Gasteiger partial charge in [0.25, 0.3) is 5.56 Å². The number of hydrogen-bond acceptors (Lipinski definition) is 2. The molecule has 1 aromatic heterocycles. The molecule has 2 aromatic rings. The number of nitrogens with one attached hydrogen (secondary N) is 1. The number of benzene rings is 1. The van der Waals surface area contributed by atoms with Gasteiger partial charge in [-0.15, -0.1) is 0 Å². The van der Waals surface area contributed by atoms with Crippen molar-refractivity contribution in [2.75, 3.05) is 0 Å². The zero-order valence-corrected chi connectivity index (χ0v) is 13.2. The first kappa shape index (κ1) is 15.2. The van der Waals surface area contributed by atoms with E-state index in [1.807, 2.05) is 6.92 Å². The molecule has 1 heterocycles. The van der Waals surface area contributed by atoms with Gasteiger partial charge in [-0.25, -0.2) is 9.37 Å².